The number of sulfonamides is 1. The third-order valence-corrected chi connectivity index (χ3v) is 6.86. The molecule has 0 bridgehead atoms. The number of carbonyl (C=O) groups is 1. The average molecular weight is 530 g/mol. The number of nitrogens with zero attached hydrogens (tertiary/aromatic N) is 1. The standard InChI is InChI=1S/C21H16BrClF2N2O3S/c22-15-6-10-17(11-7-15)31(29,30)27(12-14-4-8-16(23)9-5-14)13-20(28)26-21-18(24)2-1-3-19(21)25/h1-11H,12-13H2,(H,26,28). The van der Waals surface area contributed by atoms with Crippen molar-refractivity contribution >= 4 is 49.1 Å². The molecule has 31 heavy (non-hydrogen) atoms. The highest BCUT2D eigenvalue weighted by atomic mass is 79.9. The van der Waals surface area contributed by atoms with Gasteiger partial charge in [-0.15, -0.1) is 0 Å². The van der Waals surface area contributed by atoms with Gasteiger partial charge in [0.05, 0.1) is 11.4 Å². The van der Waals surface area contributed by atoms with Crippen LogP contribution in [-0.2, 0) is 21.4 Å². The van der Waals surface area contributed by atoms with E-state index in [2.05, 4.69) is 21.2 Å². The van der Waals surface area contributed by atoms with E-state index in [1.165, 1.54) is 12.1 Å². The zero-order valence-electron chi connectivity index (χ0n) is 15.9. The van der Waals surface area contributed by atoms with Crippen LogP contribution >= 0.6 is 27.5 Å². The van der Waals surface area contributed by atoms with Crippen molar-refractivity contribution in [3.8, 4) is 0 Å². The quantitative estimate of drug-likeness (QED) is 0.457. The molecule has 162 valence electrons. The van der Waals surface area contributed by atoms with Gasteiger partial charge in [0.2, 0.25) is 15.9 Å². The van der Waals surface area contributed by atoms with Crippen molar-refractivity contribution < 1.29 is 22.0 Å². The highest BCUT2D eigenvalue weighted by molar-refractivity contribution is 9.10. The van der Waals surface area contributed by atoms with Crippen LogP contribution in [0.15, 0.2) is 76.1 Å². The maximum absolute atomic E-state index is 13.9. The molecular weight excluding hydrogens is 514 g/mol. The van der Waals surface area contributed by atoms with Crippen molar-refractivity contribution in [2.24, 2.45) is 0 Å². The highest BCUT2D eigenvalue weighted by Crippen LogP contribution is 2.23. The molecule has 3 rings (SSSR count). The fourth-order valence-electron chi connectivity index (χ4n) is 2.73. The number of nitrogens with one attached hydrogen (secondary N) is 1. The van der Waals surface area contributed by atoms with Gasteiger partial charge in [0.1, 0.15) is 17.3 Å². The lowest BCUT2D eigenvalue weighted by atomic mass is 10.2. The van der Waals surface area contributed by atoms with Crippen molar-refractivity contribution in [1.29, 1.82) is 0 Å². The van der Waals surface area contributed by atoms with Crippen LogP contribution in [0.1, 0.15) is 5.56 Å². The predicted molar refractivity (Wildman–Crippen MR) is 118 cm³/mol. The van der Waals surface area contributed by atoms with Gasteiger partial charge >= 0.3 is 0 Å². The van der Waals surface area contributed by atoms with Gasteiger partial charge in [-0.2, -0.15) is 4.31 Å². The molecule has 0 atom stereocenters. The number of halogens is 4. The predicted octanol–water partition coefficient (Wildman–Crippen LogP) is 5.21. The minimum atomic E-state index is -4.10. The summed E-state index contributed by atoms with van der Waals surface area (Å²) < 4.78 is 55.7. The first kappa shape index (κ1) is 23.3. The molecule has 0 saturated carbocycles. The third kappa shape index (κ3) is 5.88. The Balaban J connectivity index is 1.90. The van der Waals surface area contributed by atoms with Crippen LogP contribution in [-0.4, -0.2) is 25.2 Å². The molecule has 0 aliphatic carbocycles. The van der Waals surface area contributed by atoms with Crippen molar-refractivity contribution in [2.75, 3.05) is 11.9 Å². The molecule has 1 amide bonds. The Hall–Kier alpha value is -2.33. The second-order valence-electron chi connectivity index (χ2n) is 6.50. The summed E-state index contributed by atoms with van der Waals surface area (Å²) in [5, 5.41) is 2.58. The fraction of sp³-hybridized carbons (Fsp3) is 0.0952. The van der Waals surface area contributed by atoms with Gasteiger partial charge in [-0.25, -0.2) is 17.2 Å². The van der Waals surface area contributed by atoms with E-state index < -0.39 is 39.8 Å². The number of carbonyl (C=O) groups excluding carboxylic acids is 1. The molecule has 0 spiro atoms. The van der Waals surface area contributed by atoms with E-state index in [4.69, 9.17) is 11.6 Å². The normalized spacial score (nSPS) is 11.5. The molecule has 10 heteroatoms. The number of rotatable bonds is 7. The molecule has 3 aromatic carbocycles. The Morgan fingerprint density at radius 3 is 2.13 bits per heavy atom. The lowest BCUT2D eigenvalue weighted by molar-refractivity contribution is -0.116. The molecule has 0 aromatic heterocycles. The number of anilines is 1. The summed E-state index contributed by atoms with van der Waals surface area (Å²) in [5.74, 6) is -2.82. The lowest BCUT2D eigenvalue weighted by Gasteiger charge is -2.22. The minimum Gasteiger partial charge on any atom is -0.320 e. The van der Waals surface area contributed by atoms with Gasteiger partial charge in [-0.3, -0.25) is 4.79 Å². The van der Waals surface area contributed by atoms with E-state index in [0.29, 0.717) is 15.1 Å². The zero-order valence-corrected chi connectivity index (χ0v) is 19.0. The lowest BCUT2D eigenvalue weighted by Crippen LogP contribution is -2.37. The molecule has 5 nitrogen and oxygen atoms in total. The topological polar surface area (TPSA) is 66.5 Å². The molecule has 0 aliphatic heterocycles. The van der Waals surface area contributed by atoms with Crippen molar-refractivity contribution in [2.45, 2.75) is 11.4 Å². The first-order valence-corrected chi connectivity index (χ1v) is 11.5. The smallest absolute Gasteiger partial charge is 0.243 e. The first-order valence-electron chi connectivity index (χ1n) is 8.91. The van der Waals surface area contributed by atoms with Gasteiger partial charge < -0.3 is 5.32 Å². The summed E-state index contributed by atoms with van der Waals surface area (Å²) in [6.45, 7) is -0.808. The number of amides is 1. The van der Waals surface area contributed by atoms with Crippen LogP contribution in [0.2, 0.25) is 5.02 Å². The Labute approximate surface area is 191 Å². The summed E-state index contributed by atoms with van der Waals surface area (Å²) in [6, 6.07) is 15.5. The second kappa shape index (κ2) is 9.86. The Morgan fingerprint density at radius 1 is 0.968 bits per heavy atom. The molecule has 0 aliphatic rings. The minimum absolute atomic E-state index is 0.0328. The molecule has 0 fully saturated rings. The average Bonchev–Trinajstić information content (AvgIpc) is 2.72. The summed E-state index contributed by atoms with van der Waals surface area (Å²) in [5.41, 5.74) is -0.0602. The third-order valence-electron chi connectivity index (χ3n) is 4.27. The molecule has 3 aromatic rings. The highest BCUT2D eigenvalue weighted by Gasteiger charge is 2.27. The van der Waals surface area contributed by atoms with E-state index in [1.807, 2.05) is 0 Å². The van der Waals surface area contributed by atoms with E-state index in [1.54, 1.807) is 36.4 Å². The SMILES string of the molecule is O=C(CN(Cc1ccc(Cl)cc1)S(=O)(=O)c1ccc(Br)cc1)Nc1c(F)cccc1F. The van der Waals surface area contributed by atoms with E-state index >= 15 is 0 Å². The van der Waals surface area contributed by atoms with Crippen molar-refractivity contribution in [3.63, 3.8) is 0 Å². The second-order valence-corrected chi connectivity index (χ2v) is 9.79. The fourth-order valence-corrected chi connectivity index (χ4v) is 4.51. The number of benzene rings is 3. The Morgan fingerprint density at radius 2 is 1.55 bits per heavy atom. The molecule has 0 unspecified atom stereocenters. The monoisotopic (exact) mass is 528 g/mol. The van der Waals surface area contributed by atoms with Gasteiger partial charge in [0.15, 0.2) is 0 Å². The van der Waals surface area contributed by atoms with Crippen LogP contribution < -0.4 is 5.32 Å². The Kier molecular flexibility index (Phi) is 7.42. The van der Waals surface area contributed by atoms with Crippen LogP contribution in [0.25, 0.3) is 0 Å². The number of para-hydroxylation sites is 1. The summed E-state index contributed by atoms with van der Waals surface area (Å²) in [7, 11) is -4.10. The molecular formula is C21H16BrClF2N2O3S. The van der Waals surface area contributed by atoms with Crippen molar-refractivity contribution in [3.05, 3.63) is 93.4 Å². The molecule has 0 saturated heterocycles. The van der Waals surface area contributed by atoms with Crippen LogP contribution in [0.4, 0.5) is 14.5 Å². The van der Waals surface area contributed by atoms with Gasteiger partial charge in [0.25, 0.3) is 0 Å². The van der Waals surface area contributed by atoms with Crippen LogP contribution in [0.3, 0.4) is 0 Å². The summed E-state index contributed by atoms with van der Waals surface area (Å²) in [4.78, 5) is 12.5. The maximum Gasteiger partial charge on any atom is 0.243 e. The molecule has 0 heterocycles. The van der Waals surface area contributed by atoms with Crippen LogP contribution in [0.5, 0.6) is 0 Å². The van der Waals surface area contributed by atoms with Crippen LogP contribution in [0, 0.1) is 11.6 Å². The van der Waals surface area contributed by atoms with E-state index in [-0.39, 0.29) is 11.4 Å². The number of hydrogen-bond acceptors (Lipinski definition) is 3. The first-order chi connectivity index (χ1) is 14.7. The Bertz CT molecular complexity index is 1170. The maximum atomic E-state index is 13.9. The van der Waals surface area contributed by atoms with Gasteiger partial charge in [-0.05, 0) is 54.1 Å². The van der Waals surface area contributed by atoms with E-state index in [0.717, 1.165) is 22.5 Å². The summed E-state index contributed by atoms with van der Waals surface area (Å²) in [6.07, 6.45) is 0. The largest absolute Gasteiger partial charge is 0.320 e. The van der Waals surface area contributed by atoms with Crippen molar-refractivity contribution in [1.82, 2.24) is 4.31 Å². The van der Waals surface area contributed by atoms with Gasteiger partial charge in [-0.1, -0.05) is 45.7 Å². The summed E-state index contributed by atoms with van der Waals surface area (Å²) >= 11 is 9.13. The zero-order chi connectivity index (χ0) is 22.6. The van der Waals surface area contributed by atoms with Gasteiger partial charge in [0, 0.05) is 16.0 Å². The number of hydrogen-bond donors (Lipinski definition) is 1. The molecule has 0 radical (unpaired) electrons. The molecule has 1 N–H and O–H groups in total. The van der Waals surface area contributed by atoms with E-state index in [9.17, 15) is 22.0 Å².